The number of carbonyl (C=O) groups is 3. The fraction of sp³-hybridized carbons (Fsp3) is 0.364. The molecule has 1 aliphatic heterocycles. The Balaban J connectivity index is 1.48. The number of urea groups is 1. The van der Waals surface area contributed by atoms with E-state index in [2.05, 4.69) is 30.6 Å². The van der Waals surface area contributed by atoms with Gasteiger partial charge in [-0.1, -0.05) is 6.07 Å². The van der Waals surface area contributed by atoms with Gasteiger partial charge in [-0.15, -0.1) is 0 Å². The molecule has 10 heteroatoms. The standard InChI is InChI=1S/C22H27N5O5/c1-31-19(28)8-10-24-21(29)16-4-6-18(7-5-16)26-22(30)25-15-17-3-2-9-23-20(17)27-11-13-32-14-12-27/h2-7,9H,8,10-15H2,1H3,(H,24,29)(H2,25,26,30). The number of methoxy groups -OCH3 is 1. The van der Waals surface area contributed by atoms with Gasteiger partial charge < -0.3 is 30.3 Å². The average molecular weight is 441 g/mol. The number of carbonyl (C=O) groups excluding carboxylic acids is 3. The van der Waals surface area contributed by atoms with Gasteiger partial charge in [0, 0.05) is 49.2 Å². The Morgan fingerprint density at radius 3 is 2.56 bits per heavy atom. The van der Waals surface area contributed by atoms with Crippen LogP contribution in [0.15, 0.2) is 42.6 Å². The van der Waals surface area contributed by atoms with Crippen molar-refractivity contribution in [2.45, 2.75) is 13.0 Å². The summed E-state index contributed by atoms with van der Waals surface area (Å²) < 4.78 is 9.92. The van der Waals surface area contributed by atoms with Crippen LogP contribution in [0.4, 0.5) is 16.3 Å². The molecule has 0 saturated carbocycles. The highest BCUT2D eigenvalue weighted by Gasteiger charge is 2.16. The summed E-state index contributed by atoms with van der Waals surface area (Å²) in [6, 6.07) is 9.88. The maximum Gasteiger partial charge on any atom is 0.319 e. The van der Waals surface area contributed by atoms with Gasteiger partial charge in [0.05, 0.1) is 26.7 Å². The van der Waals surface area contributed by atoms with Gasteiger partial charge in [0.25, 0.3) is 5.91 Å². The third kappa shape index (κ3) is 6.67. The molecule has 1 fully saturated rings. The summed E-state index contributed by atoms with van der Waals surface area (Å²) in [5.41, 5.74) is 1.89. The van der Waals surface area contributed by atoms with Crippen molar-refractivity contribution >= 4 is 29.4 Å². The zero-order valence-electron chi connectivity index (χ0n) is 17.9. The van der Waals surface area contributed by atoms with Gasteiger partial charge in [-0.05, 0) is 30.3 Å². The van der Waals surface area contributed by atoms with Crippen LogP contribution in [0, 0.1) is 0 Å². The topological polar surface area (TPSA) is 122 Å². The molecule has 1 aromatic carbocycles. The van der Waals surface area contributed by atoms with Gasteiger partial charge in [-0.2, -0.15) is 0 Å². The Morgan fingerprint density at radius 1 is 1.09 bits per heavy atom. The fourth-order valence-electron chi connectivity index (χ4n) is 3.17. The van der Waals surface area contributed by atoms with Crippen molar-refractivity contribution in [3.8, 4) is 0 Å². The number of pyridine rings is 1. The van der Waals surface area contributed by atoms with Crippen molar-refractivity contribution < 1.29 is 23.9 Å². The number of hydrogen-bond acceptors (Lipinski definition) is 7. The predicted molar refractivity (Wildman–Crippen MR) is 119 cm³/mol. The molecule has 1 saturated heterocycles. The lowest BCUT2D eigenvalue weighted by molar-refractivity contribution is -0.140. The third-order valence-corrected chi connectivity index (χ3v) is 4.86. The molecule has 32 heavy (non-hydrogen) atoms. The van der Waals surface area contributed by atoms with Gasteiger partial charge in [0.15, 0.2) is 0 Å². The third-order valence-electron chi connectivity index (χ3n) is 4.86. The molecule has 0 radical (unpaired) electrons. The van der Waals surface area contributed by atoms with Crippen LogP contribution in [0.2, 0.25) is 0 Å². The van der Waals surface area contributed by atoms with E-state index in [-0.39, 0.29) is 30.9 Å². The largest absolute Gasteiger partial charge is 0.469 e. The number of esters is 1. The highest BCUT2D eigenvalue weighted by Crippen LogP contribution is 2.18. The molecule has 3 amide bonds. The van der Waals surface area contributed by atoms with Crippen molar-refractivity contribution in [2.24, 2.45) is 0 Å². The number of amides is 3. The molecular weight excluding hydrogens is 414 g/mol. The van der Waals surface area contributed by atoms with Crippen LogP contribution < -0.4 is 20.9 Å². The Kier molecular flexibility index (Phi) is 8.38. The van der Waals surface area contributed by atoms with E-state index in [1.54, 1.807) is 30.5 Å². The first-order valence-corrected chi connectivity index (χ1v) is 10.3. The van der Waals surface area contributed by atoms with E-state index in [4.69, 9.17) is 4.74 Å². The number of nitrogens with zero attached hydrogens (tertiary/aromatic N) is 2. The summed E-state index contributed by atoms with van der Waals surface area (Å²) in [4.78, 5) is 42.1. The van der Waals surface area contributed by atoms with Crippen molar-refractivity contribution in [2.75, 3.05) is 50.2 Å². The lowest BCUT2D eigenvalue weighted by Crippen LogP contribution is -2.38. The molecule has 10 nitrogen and oxygen atoms in total. The molecular formula is C22H27N5O5. The summed E-state index contributed by atoms with van der Waals surface area (Å²) >= 11 is 0. The SMILES string of the molecule is COC(=O)CCNC(=O)c1ccc(NC(=O)NCc2cccnc2N2CCOCC2)cc1. The van der Waals surface area contributed by atoms with Crippen molar-refractivity contribution in [1.29, 1.82) is 0 Å². The molecule has 1 aromatic heterocycles. The Bertz CT molecular complexity index is 929. The smallest absolute Gasteiger partial charge is 0.319 e. The minimum Gasteiger partial charge on any atom is -0.469 e. The van der Waals surface area contributed by atoms with Crippen molar-refractivity contribution in [1.82, 2.24) is 15.6 Å². The van der Waals surface area contributed by atoms with Crippen LogP contribution in [0.3, 0.4) is 0 Å². The minimum absolute atomic E-state index is 0.103. The predicted octanol–water partition coefficient (Wildman–Crippen LogP) is 1.53. The maximum absolute atomic E-state index is 12.3. The number of nitrogens with one attached hydrogen (secondary N) is 3. The minimum atomic E-state index is -0.390. The number of ether oxygens (including phenoxy) is 2. The molecule has 0 spiro atoms. The second-order valence-corrected chi connectivity index (χ2v) is 7.05. The molecule has 0 unspecified atom stereocenters. The lowest BCUT2D eigenvalue weighted by Gasteiger charge is -2.29. The van der Waals surface area contributed by atoms with Crippen LogP contribution >= 0.6 is 0 Å². The molecule has 3 rings (SSSR count). The Morgan fingerprint density at radius 2 is 1.84 bits per heavy atom. The van der Waals surface area contributed by atoms with Gasteiger partial charge in [-0.3, -0.25) is 9.59 Å². The Hall–Kier alpha value is -3.66. The normalized spacial score (nSPS) is 13.2. The zero-order valence-corrected chi connectivity index (χ0v) is 17.9. The van der Waals surface area contributed by atoms with E-state index in [1.165, 1.54) is 7.11 Å². The number of morpholine rings is 1. The van der Waals surface area contributed by atoms with E-state index >= 15 is 0 Å². The second-order valence-electron chi connectivity index (χ2n) is 7.05. The summed E-state index contributed by atoms with van der Waals surface area (Å²) in [5, 5.41) is 8.22. The van der Waals surface area contributed by atoms with Crippen molar-refractivity contribution in [3.05, 3.63) is 53.7 Å². The van der Waals surface area contributed by atoms with Gasteiger partial charge in [0.1, 0.15) is 5.82 Å². The van der Waals surface area contributed by atoms with Crippen molar-refractivity contribution in [3.63, 3.8) is 0 Å². The first kappa shape index (κ1) is 23.0. The zero-order chi connectivity index (χ0) is 22.8. The number of aromatic nitrogens is 1. The number of hydrogen-bond donors (Lipinski definition) is 3. The summed E-state index contributed by atoms with van der Waals surface area (Å²) in [7, 11) is 1.30. The number of anilines is 2. The van der Waals surface area contributed by atoms with Crippen LogP contribution in [0.5, 0.6) is 0 Å². The second kappa shape index (κ2) is 11.7. The van der Waals surface area contributed by atoms with E-state index in [0.717, 1.165) is 24.5 Å². The highest BCUT2D eigenvalue weighted by molar-refractivity contribution is 5.95. The maximum atomic E-state index is 12.3. The van der Waals surface area contributed by atoms with E-state index < -0.39 is 0 Å². The number of rotatable bonds is 8. The summed E-state index contributed by atoms with van der Waals surface area (Å²) in [6.45, 7) is 3.35. The molecule has 0 bridgehead atoms. The molecule has 1 aliphatic rings. The first-order chi connectivity index (χ1) is 15.6. The average Bonchev–Trinajstić information content (AvgIpc) is 2.83. The molecule has 3 N–H and O–H groups in total. The lowest BCUT2D eigenvalue weighted by atomic mass is 10.2. The first-order valence-electron chi connectivity index (χ1n) is 10.3. The van der Waals surface area contributed by atoms with E-state index in [1.807, 2.05) is 12.1 Å². The van der Waals surface area contributed by atoms with Crippen LogP contribution in [-0.4, -0.2) is 62.8 Å². The molecule has 2 aromatic rings. The number of benzene rings is 1. The Labute approximate surface area is 186 Å². The quantitative estimate of drug-likeness (QED) is 0.531. The van der Waals surface area contributed by atoms with Gasteiger partial charge in [0.2, 0.25) is 0 Å². The molecule has 170 valence electrons. The van der Waals surface area contributed by atoms with Crippen LogP contribution in [0.1, 0.15) is 22.3 Å². The molecule has 0 aliphatic carbocycles. The van der Waals surface area contributed by atoms with Crippen LogP contribution in [-0.2, 0) is 20.8 Å². The van der Waals surface area contributed by atoms with E-state index in [0.29, 0.717) is 31.0 Å². The van der Waals surface area contributed by atoms with Gasteiger partial charge >= 0.3 is 12.0 Å². The van der Waals surface area contributed by atoms with Gasteiger partial charge in [-0.25, -0.2) is 9.78 Å². The molecule has 2 heterocycles. The summed E-state index contributed by atoms with van der Waals surface area (Å²) in [6.07, 6.45) is 1.84. The summed E-state index contributed by atoms with van der Waals surface area (Å²) in [5.74, 6) is 0.148. The van der Waals surface area contributed by atoms with Crippen LogP contribution in [0.25, 0.3) is 0 Å². The van der Waals surface area contributed by atoms with E-state index in [9.17, 15) is 14.4 Å². The fourth-order valence-corrected chi connectivity index (χ4v) is 3.17. The molecule has 0 atom stereocenters. The monoisotopic (exact) mass is 441 g/mol. The highest BCUT2D eigenvalue weighted by atomic mass is 16.5.